The van der Waals surface area contributed by atoms with Crippen LogP contribution < -0.4 is 11.3 Å². The highest BCUT2D eigenvalue weighted by Gasteiger charge is 2.06. The number of imidazole rings is 1. The van der Waals surface area contributed by atoms with Crippen LogP contribution in [0.5, 0.6) is 0 Å². The molecule has 0 saturated heterocycles. The van der Waals surface area contributed by atoms with Crippen LogP contribution in [0.1, 0.15) is 11.5 Å². The monoisotopic (exact) mass is 237 g/mol. The minimum atomic E-state index is 0.584. The molecule has 2 aromatic rings. The highest BCUT2D eigenvalue weighted by molar-refractivity contribution is 6.31. The smallest absolute Gasteiger partial charge is 0.140 e. The second-order valence-corrected chi connectivity index (χ2v) is 3.78. The van der Waals surface area contributed by atoms with Gasteiger partial charge in [0.15, 0.2) is 0 Å². The number of halogens is 1. The van der Waals surface area contributed by atoms with Crippen molar-refractivity contribution < 1.29 is 0 Å². The Labute approximate surface area is 98.2 Å². The molecule has 0 fully saturated rings. The third-order valence-electron chi connectivity index (χ3n) is 2.31. The quantitative estimate of drug-likeness (QED) is 0.628. The molecule has 0 aliphatic rings. The summed E-state index contributed by atoms with van der Waals surface area (Å²) in [5, 5.41) is 0.618. The van der Waals surface area contributed by atoms with Gasteiger partial charge < -0.3 is 9.99 Å². The van der Waals surface area contributed by atoms with Gasteiger partial charge in [-0.15, -0.1) is 0 Å². The average Bonchev–Trinajstić information content (AvgIpc) is 2.68. The zero-order chi connectivity index (χ0) is 11.5. The Hall–Kier alpha value is -1.59. The Balaban J connectivity index is 2.30. The SMILES string of the molecule is Cc1nccn1Cc1nc(NN)ccc1Cl. The number of hydrazine groups is 1. The van der Waals surface area contributed by atoms with Gasteiger partial charge in [-0.05, 0) is 19.1 Å². The van der Waals surface area contributed by atoms with E-state index in [2.05, 4.69) is 15.4 Å². The number of pyridine rings is 1. The summed E-state index contributed by atoms with van der Waals surface area (Å²) in [6.45, 7) is 2.51. The summed E-state index contributed by atoms with van der Waals surface area (Å²) in [6, 6.07) is 3.50. The van der Waals surface area contributed by atoms with Gasteiger partial charge in [-0.1, -0.05) is 11.6 Å². The van der Waals surface area contributed by atoms with Crippen LogP contribution in [0.25, 0.3) is 0 Å². The summed E-state index contributed by atoms with van der Waals surface area (Å²) in [7, 11) is 0. The topological polar surface area (TPSA) is 68.8 Å². The molecule has 0 aromatic carbocycles. The fourth-order valence-corrected chi connectivity index (χ4v) is 1.57. The molecule has 6 heteroatoms. The molecule has 0 unspecified atom stereocenters. The van der Waals surface area contributed by atoms with Gasteiger partial charge in [0.2, 0.25) is 0 Å². The van der Waals surface area contributed by atoms with E-state index in [1.54, 1.807) is 18.3 Å². The standard InChI is InChI=1S/C10H12ClN5/c1-7-13-4-5-16(7)6-9-8(11)2-3-10(14-9)15-12/h2-5H,6,12H2,1H3,(H,14,15). The molecule has 2 heterocycles. The van der Waals surface area contributed by atoms with Crippen molar-refractivity contribution >= 4 is 17.4 Å². The molecule has 3 N–H and O–H groups in total. The lowest BCUT2D eigenvalue weighted by Gasteiger charge is -2.08. The summed E-state index contributed by atoms with van der Waals surface area (Å²) in [4.78, 5) is 8.43. The van der Waals surface area contributed by atoms with E-state index in [1.165, 1.54) is 0 Å². The zero-order valence-electron chi connectivity index (χ0n) is 8.81. The summed E-state index contributed by atoms with van der Waals surface area (Å²) < 4.78 is 1.97. The molecule has 0 aliphatic carbocycles. The van der Waals surface area contributed by atoms with Crippen molar-refractivity contribution in [3.8, 4) is 0 Å². The van der Waals surface area contributed by atoms with Crippen LogP contribution in [-0.2, 0) is 6.54 Å². The third kappa shape index (κ3) is 2.15. The van der Waals surface area contributed by atoms with E-state index in [0.29, 0.717) is 17.4 Å². The Morgan fingerprint density at radius 2 is 2.31 bits per heavy atom. The summed E-state index contributed by atoms with van der Waals surface area (Å²) in [5.74, 6) is 6.81. The van der Waals surface area contributed by atoms with Crippen LogP contribution in [-0.4, -0.2) is 14.5 Å². The van der Waals surface area contributed by atoms with Crippen LogP contribution in [0.3, 0.4) is 0 Å². The highest BCUT2D eigenvalue weighted by atomic mass is 35.5. The highest BCUT2D eigenvalue weighted by Crippen LogP contribution is 2.17. The molecule has 16 heavy (non-hydrogen) atoms. The molecule has 2 aromatic heterocycles. The molecule has 0 bridgehead atoms. The Morgan fingerprint density at radius 3 is 2.94 bits per heavy atom. The number of nitrogens with one attached hydrogen (secondary N) is 1. The van der Waals surface area contributed by atoms with Gasteiger partial charge in [0.05, 0.1) is 17.3 Å². The second-order valence-electron chi connectivity index (χ2n) is 3.37. The van der Waals surface area contributed by atoms with Crippen molar-refractivity contribution in [1.82, 2.24) is 14.5 Å². The zero-order valence-corrected chi connectivity index (χ0v) is 9.57. The van der Waals surface area contributed by atoms with E-state index >= 15 is 0 Å². The molecular formula is C10H12ClN5. The number of aromatic nitrogens is 3. The van der Waals surface area contributed by atoms with Gasteiger partial charge in [0, 0.05) is 12.4 Å². The van der Waals surface area contributed by atoms with E-state index < -0.39 is 0 Å². The van der Waals surface area contributed by atoms with E-state index in [0.717, 1.165) is 11.5 Å². The predicted octanol–water partition coefficient (Wildman–Crippen LogP) is 1.57. The minimum absolute atomic E-state index is 0.584. The van der Waals surface area contributed by atoms with E-state index in [4.69, 9.17) is 17.4 Å². The number of anilines is 1. The first-order valence-corrected chi connectivity index (χ1v) is 5.18. The lowest BCUT2D eigenvalue weighted by molar-refractivity contribution is 0.743. The van der Waals surface area contributed by atoms with Crippen molar-refractivity contribution in [2.75, 3.05) is 5.43 Å². The first-order chi connectivity index (χ1) is 7.70. The van der Waals surface area contributed by atoms with Crippen LogP contribution >= 0.6 is 11.6 Å². The summed E-state index contributed by atoms with van der Waals surface area (Å²) in [6.07, 6.45) is 3.63. The molecule has 0 spiro atoms. The van der Waals surface area contributed by atoms with Crippen LogP contribution in [0, 0.1) is 6.92 Å². The number of nitrogen functional groups attached to an aromatic ring is 1. The van der Waals surface area contributed by atoms with Crippen molar-refractivity contribution in [3.05, 3.63) is 41.1 Å². The van der Waals surface area contributed by atoms with Gasteiger partial charge in [0.1, 0.15) is 11.6 Å². The Bertz CT molecular complexity index is 494. The van der Waals surface area contributed by atoms with Crippen LogP contribution in [0.2, 0.25) is 5.02 Å². The molecule has 0 radical (unpaired) electrons. The summed E-state index contributed by atoms with van der Waals surface area (Å²) in [5.41, 5.74) is 3.26. The van der Waals surface area contributed by atoms with Crippen molar-refractivity contribution in [2.45, 2.75) is 13.5 Å². The number of nitrogens with zero attached hydrogens (tertiary/aromatic N) is 3. The predicted molar refractivity (Wildman–Crippen MR) is 63.1 cm³/mol. The maximum absolute atomic E-state index is 6.06. The fraction of sp³-hybridized carbons (Fsp3) is 0.200. The van der Waals surface area contributed by atoms with Crippen molar-refractivity contribution in [1.29, 1.82) is 0 Å². The number of nitrogens with two attached hydrogens (primary N) is 1. The largest absolute Gasteiger partial charge is 0.329 e. The fourth-order valence-electron chi connectivity index (χ4n) is 1.41. The number of hydrogen-bond acceptors (Lipinski definition) is 4. The molecule has 0 aliphatic heterocycles. The molecule has 0 atom stereocenters. The second kappa shape index (κ2) is 4.51. The minimum Gasteiger partial charge on any atom is -0.329 e. The van der Waals surface area contributed by atoms with Gasteiger partial charge in [-0.2, -0.15) is 0 Å². The number of aryl methyl sites for hydroxylation is 1. The summed E-state index contributed by atoms with van der Waals surface area (Å²) >= 11 is 6.06. The molecular weight excluding hydrogens is 226 g/mol. The van der Waals surface area contributed by atoms with E-state index in [9.17, 15) is 0 Å². The lowest BCUT2D eigenvalue weighted by Crippen LogP contribution is -2.11. The van der Waals surface area contributed by atoms with E-state index in [1.807, 2.05) is 17.7 Å². The molecule has 0 saturated carbocycles. The number of rotatable bonds is 3. The average molecular weight is 238 g/mol. The van der Waals surface area contributed by atoms with Crippen molar-refractivity contribution in [3.63, 3.8) is 0 Å². The van der Waals surface area contributed by atoms with Gasteiger partial charge >= 0.3 is 0 Å². The van der Waals surface area contributed by atoms with Crippen LogP contribution in [0.4, 0.5) is 5.82 Å². The maximum atomic E-state index is 6.06. The normalized spacial score (nSPS) is 10.4. The Kier molecular flexibility index (Phi) is 3.07. The van der Waals surface area contributed by atoms with Gasteiger partial charge in [-0.25, -0.2) is 15.8 Å². The first-order valence-electron chi connectivity index (χ1n) is 4.80. The first kappa shape index (κ1) is 10.9. The lowest BCUT2D eigenvalue weighted by atomic mass is 10.3. The third-order valence-corrected chi connectivity index (χ3v) is 2.65. The molecule has 84 valence electrons. The van der Waals surface area contributed by atoms with Gasteiger partial charge in [0.25, 0.3) is 0 Å². The van der Waals surface area contributed by atoms with Crippen molar-refractivity contribution in [2.24, 2.45) is 5.84 Å². The molecule has 5 nitrogen and oxygen atoms in total. The molecule has 0 amide bonds. The van der Waals surface area contributed by atoms with Gasteiger partial charge in [-0.3, -0.25) is 0 Å². The van der Waals surface area contributed by atoms with Crippen LogP contribution in [0.15, 0.2) is 24.5 Å². The molecule has 2 rings (SSSR count). The number of hydrogen-bond donors (Lipinski definition) is 2. The maximum Gasteiger partial charge on any atom is 0.140 e. The van der Waals surface area contributed by atoms with E-state index in [-0.39, 0.29) is 0 Å². The Morgan fingerprint density at radius 1 is 1.50 bits per heavy atom.